The lowest BCUT2D eigenvalue weighted by Crippen LogP contribution is -2.22. The van der Waals surface area contributed by atoms with Gasteiger partial charge in [0.05, 0.1) is 29.9 Å². The molecule has 0 aliphatic rings. The normalized spacial score (nSPS) is 10.9. The van der Waals surface area contributed by atoms with Gasteiger partial charge in [-0.05, 0) is 25.2 Å². The third-order valence-electron chi connectivity index (χ3n) is 2.85. The molecule has 1 aromatic heterocycles. The number of hydrogen-bond donors (Lipinski definition) is 2. The van der Waals surface area contributed by atoms with Gasteiger partial charge in [-0.15, -0.1) is 0 Å². The van der Waals surface area contributed by atoms with E-state index >= 15 is 0 Å². The number of aryl methyl sites for hydroxylation is 1. The largest absolute Gasteiger partial charge is 0.504 e. The predicted octanol–water partition coefficient (Wildman–Crippen LogP) is 1.11. The lowest BCUT2D eigenvalue weighted by Gasteiger charge is -2.05. The average Bonchev–Trinajstić information content (AvgIpc) is 2.51. The number of aromatic amines is 1. The number of nitrogens with zero attached hydrogens (tertiary/aromatic N) is 4. The first kappa shape index (κ1) is 16.3. The Morgan fingerprint density at radius 2 is 2.26 bits per heavy atom. The highest BCUT2D eigenvalue weighted by Crippen LogP contribution is 2.32. The fourth-order valence-electron chi connectivity index (χ4n) is 1.70. The van der Waals surface area contributed by atoms with Crippen LogP contribution in [0.15, 0.2) is 22.0 Å². The summed E-state index contributed by atoms with van der Waals surface area (Å²) in [4.78, 5) is 22.3. The zero-order chi connectivity index (χ0) is 17.1. The highest BCUT2D eigenvalue weighted by molar-refractivity contribution is 7.71. The van der Waals surface area contributed by atoms with Gasteiger partial charge in [0, 0.05) is 0 Å². The number of aromatic hydroxyl groups is 1. The van der Waals surface area contributed by atoms with Crippen LogP contribution < -0.4 is 10.3 Å². The van der Waals surface area contributed by atoms with Crippen molar-refractivity contribution in [3.8, 4) is 11.5 Å². The van der Waals surface area contributed by atoms with Gasteiger partial charge in [-0.1, -0.05) is 0 Å². The molecule has 0 spiro atoms. The maximum atomic E-state index is 11.9. The molecular formula is C12H11N5O5S. The van der Waals surface area contributed by atoms with Crippen LogP contribution in [0.3, 0.4) is 0 Å². The second-order valence-electron chi connectivity index (χ2n) is 4.32. The van der Waals surface area contributed by atoms with Gasteiger partial charge in [0.2, 0.25) is 4.77 Å². The van der Waals surface area contributed by atoms with Crippen molar-refractivity contribution >= 4 is 24.1 Å². The van der Waals surface area contributed by atoms with Crippen molar-refractivity contribution in [3.05, 3.63) is 48.6 Å². The third-order valence-corrected chi connectivity index (χ3v) is 3.11. The van der Waals surface area contributed by atoms with Gasteiger partial charge in [-0.2, -0.15) is 14.9 Å². The number of rotatable bonds is 4. The zero-order valence-corrected chi connectivity index (χ0v) is 12.8. The van der Waals surface area contributed by atoms with E-state index in [2.05, 4.69) is 15.3 Å². The number of methoxy groups -OCH3 is 1. The van der Waals surface area contributed by atoms with E-state index in [9.17, 15) is 20.0 Å². The van der Waals surface area contributed by atoms with E-state index in [1.54, 1.807) is 0 Å². The summed E-state index contributed by atoms with van der Waals surface area (Å²) in [5.41, 5.74) is -0.811. The minimum Gasteiger partial charge on any atom is -0.504 e. The highest BCUT2D eigenvalue weighted by atomic mass is 32.1. The van der Waals surface area contributed by atoms with E-state index in [0.717, 1.165) is 23.0 Å². The second-order valence-corrected chi connectivity index (χ2v) is 4.70. The number of nitro benzene ring substituents is 1. The lowest BCUT2D eigenvalue weighted by atomic mass is 10.1. The molecule has 0 unspecified atom stereocenters. The lowest BCUT2D eigenvalue weighted by molar-refractivity contribution is -0.385. The third kappa shape index (κ3) is 3.23. The summed E-state index contributed by atoms with van der Waals surface area (Å²) in [5, 5.41) is 30.8. The Balaban J connectivity index is 2.59. The topological polar surface area (TPSA) is 136 Å². The Hall–Kier alpha value is -3.08. The van der Waals surface area contributed by atoms with Gasteiger partial charge in [0.25, 0.3) is 11.2 Å². The van der Waals surface area contributed by atoms with Crippen molar-refractivity contribution in [2.24, 2.45) is 5.10 Å². The van der Waals surface area contributed by atoms with Gasteiger partial charge >= 0.3 is 0 Å². The quantitative estimate of drug-likeness (QED) is 0.369. The molecule has 2 N–H and O–H groups in total. The molecule has 1 heterocycles. The first-order chi connectivity index (χ1) is 10.8. The molecule has 10 nitrogen and oxygen atoms in total. The Kier molecular flexibility index (Phi) is 4.50. The fraction of sp³-hybridized carbons (Fsp3) is 0.167. The van der Waals surface area contributed by atoms with E-state index < -0.39 is 10.5 Å². The summed E-state index contributed by atoms with van der Waals surface area (Å²) < 4.78 is 5.59. The molecule has 0 amide bonds. The number of benzene rings is 1. The summed E-state index contributed by atoms with van der Waals surface area (Å²) in [7, 11) is 1.27. The van der Waals surface area contributed by atoms with Gasteiger partial charge in [0.15, 0.2) is 11.5 Å². The van der Waals surface area contributed by atoms with Crippen molar-refractivity contribution in [2.75, 3.05) is 7.11 Å². The molecule has 0 radical (unpaired) electrons. The molecule has 2 aromatic rings. The fourth-order valence-corrected chi connectivity index (χ4v) is 1.87. The number of phenolic OH excluding ortho intramolecular Hbond substituents is 1. The molecule has 0 aliphatic carbocycles. The van der Waals surface area contributed by atoms with Gasteiger partial charge in [-0.25, -0.2) is 0 Å². The molecule has 1 aromatic carbocycles. The molecule has 120 valence electrons. The monoisotopic (exact) mass is 337 g/mol. The van der Waals surface area contributed by atoms with E-state index in [1.165, 1.54) is 14.0 Å². The minimum absolute atomic E-state index is 0.0240. The van der Waals surface area contributed by atoms with Crippen LogP contribution in [0.5, 0.6) is 11.5 Å². The molecule has 0 atom stereocenters. The summed E-state index contributed by atoms with van der Waals surface area (Å²) in [6.45, 7) is 1.46. The molecule has 23 heavy (non-hydrogen) atoms. The number of aromatic nitrogens is 3. The SMILES string of the molecule is COc1cc([N+](=O)[O-])c(/C=N\n2c(=S)[nH]nc(C)c2=O)cc1O. The van der Waals surface area contributed by atoms with E-state index in [0.29, 0.717) is 0 Å². The van der Waals surface area contributed by atoms with Crippen molar-refractivity contribution in [1.82, 2.24) is 14.9 Å². The van der Waals surface area contributed by atoms with Crippen molar-refractivity contribution < 1.29 is 14.8 Å². The molecule has 0 aliphatic heterocycles. The van der Waals surface area contributed by atoms with Gasteiger partial charge in [0.1, 0.15) is 5.69 Å². The van der Waals surface area contributed by atoms with Crippen molar-refractivity contribution in [3.63, 3.8) is 0 Å². The first-order valence-corrected chi connectivity index (χ1v) is 6.54. The van der Waals surface area contributed by atoms with Crippen LogP contribution in [0.2, 0.25) is 0 Å². The molecule has 0 saturated carbocycles. The van der Waals surface area contributed by atoms with E-state index in [1.807, 2.05) is 0 Å². The van der Waals surface area contributed by atoms with E-state index in [4.69, 9.17) is 17.0 Å². The van der Waals surface area contributed by atoms with Crippen LogP contribution in [0.1, 0.15) is 11.3 Å². The van der Waals surface area contributed by atoms with E-state index in [-0.39, 0.29) is 33.2 Å². The van der Waals surface area contributed by atoms with Crippen LogP contribution in [-0.4, -0.2) is 38.2 Å². The number of ether oxygens (including phenoxy) is 1. The summed E-state index contributed by atoms with van der Waals surface area (Å²) >= 11 is 4.89. The Labute approximate surface area is 133 Å². The summed E-state index contributed by atoms with van der Waals surface area (Å²) in [6.07, 6.45) is 1.04. The number of nitro groups is 1. The van der Waals surface area contributed by atoms with Crippen LogP contribution in [0.4, 0.5) is 5.69 Å². The molecule has 0 saturated heterocycles. The maximum Gasteiger partial charge on any atom is 0.296 e. The van der Waals surface area contributed by atoms with Gasteiger partial charge < -0.3 is 9.84 Å². The molecular weight excluding hydrogens is 326 g/mol. The van der Waals surface area contributed by atoms with Crippen LogP contribution in [0, 0.1) is 21.8 Å². The second kappa shape index (κ2) is 6.36. The summed E-state index contributed by atoms with van der Waals surface area (Å²) in [6, 6.07) is 2.16. The molecule has 0 bridgehead atoms. The number of hydrogen-bond acceptors (Lipinski definition) is 8. The number of H-pyrrole nitrogens is 1. The maximum absolute atomic E-state index is 11.9. The van der Waals surface area contributed by atoms with Crippen LogP contribution in [-0.2, 0) is 0 Å². The molecule has 2 rings (SSSR count). The number of phenols is 1. The molecule has 0 fully saturated rings. The Bertz CT molecular complexity index is 917. The van der Waals surface area contributed by atoms with Crippen LogP contribution in [0.25, 0.3) is 0 Å². The Morgan fingerprint density at radius 3 is 2.87 bits per heavy atom. The Morgan fingerprint density at radius 1 is 1.57 bits per heavy atom. The van der Waals surface area contributed by atoms with Gasteiger partial charge in [-0.3, -0.25) is 20.0 Å². The summed E-state index contributed by atoms with van der Waals surface area (Å²) in [5.74, 6) is -0.356. The zero-order valence-electron chi connectivity index (χ0n) is 12.0. The van der Waals surface area contributed by atoms with Crippen LogP contribution >= 0.6 is 12.2 Å². The highest BCUT2D eigenvalue weighted by Gasteiger charge is 2.17. The smallest absolute Gasteiger partial charge is 0.296 e. The molecule has 11 heteroatoms. The number of nitrogens with one attached hydrogen (secondary N) is 1. The van der Waals surface area contributed by atoms with Crippen molar-refractivity contribution in [2.45, 2.75) is 6.92 Å². The minimum atomic E-state index is -0.662. The van der Waals surface area contributed by atoms with Crippen molar-refractivity contribution in [1.29, 1.82) is 0 Å². The first-order valence-electron chi connectivity index (χ1n) is 6.13. The average molecular weight is 337 g/mol. The predicted molar refractivity (Wildman–Crippen MR) is 82.7 cm³/mol. The standard InChI is InChI=1S/C12H11N5O5S/c1-6-11(19)16(12(23)15-14-6)13-5-7-3-9(18)10(22-2)4-8(7)17(20)21/h3-5,18H,1-2H3,(H,15,23)/b13-5-.